The normalized spacial score (nSPS) is 24.4. The van der Waals surface area contributed by atoms with Gasteiger partial charge in [-0.25, -0.2) is 0 Å². The van der Waals surface area contributed by atoms with Crippen molar-refractivity contribution in [1.29, 1.82) is 0 Å². The SMILES string of the molecule is CC(C)(C)C1CCCC1.CC(C)(C)C1CCCC1.CC(C)(C)C1CCCCC1.CC(C)(C)C1CCCCC1.CC(C)(C)C1CCCCC1.CC(C)(C)C1CCCCCC1.CC(C)(C)C1CCCCCC1.CC(C)(C)C1CCS(=O)CC1.CC(C)(C)N1CCCCCC1. The minimum Gasteiger partial charge on any atom is -0.298 e. The maximum Gasteiger partial charge on any atom is 0.0237 e. The molecule has 2 aliphatic heterocycles. The zero-order valence-electron chi connectivity index (χ0n) is 69.2. The summed E-state index contributed by atoms with van der Waals surface area (Å²) in [6.07, 6.45) is 59.6. The first-order valence-corrected chi connectivity index (χ1v) is 42.9. The summed E-state index contributed by atoms with van der Waals surface area (Å²) in [6, 6.07) is 0. The van der Waals surface area contributed by atoms with E-state index in [1.807, 2.05) is 0 Å². The smallest absolute Gasteiger partial charge is 0.0237 e. The van der Waals surface area contributed by atoms with Crippen LogP contribution in [0.2, 0.25) is 0 Å². The Hall–Kier alpha value is 0.110. The van der Waals surface area contributed by atoms with Gasteiger partial charge in [0.25, 0.3) is 0 Å². The van der Waals surface area contributed by atoms with Crippen LogP contribution in [0.25, 0.3) is 0 Å². The van der Waals surface area contributed by atoms with E-state index in [1.54, 1.807) is 0 Å². The van der Waals surface area contributed by atoms with Crippen LogP contribution in [0, 0.1) is 90.7 Å². The Morgan fingerprint density at radius 2 is 0.326 bits per heavy atom. The Labute approximate surface area is 587 Å². The minimum atomic E-state index is -0.496. The lowest BCUT2D eigenvalue weighted by atomic mass is 9.72. The van der Waals surface area contributed by atoms with Crippen molar-refractivity contribution < 1.29 is 4.21 Å². The van der Waals surface area contributed by atoms with Gasteiger partial charge in [0.05, 0.1) is 0 Å². The van der Waals surface area contributed by atoms with E-state index in [2.05, 4.69) is 192 Å². The van der Waals surface area contributed by atoms with E-state index in [9.17, 15) is 4.21 Å². The van der Waals surface area contributed by atoms with Gasteiger partial charge in [-0.1, -0.05) is 314 Å². The molecule has 0 aromatic heterocycles. The fourth-order valence-electron chi connectivity index (χ4n) is 17.2. The highest BCUT2D eigenvalue weighted by Gasteiger charge is 2.32. The Morgan fingerprint density at radius 3 is 0.478 bits per heavy atom. The Bertz CT molecular complexity index is 1570. The molecule has 9 rings (SSSR count). The first-order valence-electron chi connectivity index (χ1n) is 41.4. The van der Waals surface area contributed by atoms with Crippen molar-refractivity contribution in [2.24, 2.45) is 90.7 Å². The summed E-state index contributed by atoms with van der Waals surface area (Å²) in [5.74, 6) is 9.66. The standard InChI is InChI=1S/2C11H22.C10H21N.3C10H20.C9H18OS.2C9H18/c2*1-11(2,3)10-8-6-4-5-7-9-10;1-10(2,3)11-8-6-4-5-7-9-11;3*1-10(2,3)9-7-5-4-6-8-9;1-9(2,3)8-4-6-11(10)7-5-8;2*1-9(2,3)8-6-4-5-7-8/h2*10H,4-9H2,1-3H3;4-9H2,1-3H3;3*9H,4-8H2,1-3H3;8H,4-7H2,1-3H3;2*8H,4-7H2,1-3H3. The molecule has 0 spiro atoms. The van der Waals surface area contributed by atoms with Gasteiger partial charge in [0, 0.05) is 27.8 Å². The van der Waals surface area contributed by atoms with Crippen LogP contribution in [-0.4, -0.2) is 39.2 Å². The van der Waals surface area contributed by atoms with Gasteiger partial charge in [0.1, 0.15) is 0 Å². The highest BCUT2D eigenvalue weighted by atomic mass is 32.2. The Kier molecular flexibility index (Phi) is 43.5. The molecule has 2 saturated heterocycles. The molecule has 552 valence electrons. The molecular formula is C89H179NOS. The lowest BCUT2D eigenvalue weighted by Gasteiger charge is -2.34. The lowest BCUT2D eigenvalue weighted by Crippen LogP contribution is -2.41. The van der Waals surface area contributed by atoms with E-state index in [0.29, 0.717) is 48.9 Å². The average molecular weight is 1310 g/mol. The van der Waals surface area contributed by atoms with E-state index >= 15 is 0 Å². The summed E-state index contributed by atoms with van der Waals surface area (Å²) in [5.41, 5.74) is 4.80. The Balaban J connectivity index is 0.000000518. The molecule has 2 heterocycles. The molecule has 0 amide bonds. The van der Waals surface area contributed by atoms with Crippen molar-refractivity contribution in [1.82, 2.24) is 4.90 Å². The van der Waals surface area contributed by atoms with Crippen LogP contribution in [0.5, 0.6) is 0 Å². The molecule has 0 unspecified atom stereocenters. The predicted octanol–water partition coefficient (Wildman–Crippen LogP) is 30.1. The summed E-state index contributed by atoms with van der Waals surface area (Å²) >= 11 is 0. The van der Waals surface area contributed by atoms with Crippen molar-refractivity contribution in [2.75, 3.05) is 24.6 Å². The van der Waals surface area contributed by atoms with E-state index in [1.165, 1.54) is 264 Å². The fourth-order valence-corrected chi connectivity index (χ4v) is 18.5. The van der Waals surface area contributed by atoms with Gasteiger partial charge in [-0.2, -0.15) is 0 Å². The van der Waals surface area contributed by atoms with E-state index in [-0.39, 0.29) is 0 Å². The summed E-state index contributed by atoms with van der Waals surface area (Å²) in [7, 11) is -0.496. The van der Waals surface area contributed by atoms with Gasteiger partial charge >= 0.3 is 0 Å². The topological polar surface area (TPSA) is 20.3 Å². The first-order chi connectivity index (χ1) is 42.3. The van der Waals surface area contributed by atoms with E-state index < -0.39 is 10.8 Å². The van der Waals surface area contributed by atoms with E-state index in [4.69, 9.17) is 0 Å². The second-order valence-electron chi connectivity index (χ2n) is 42.0. The van der Waals surface area contributed by atoms with Crippen molar-refractivity contribution in [3.8, 4) is 0 Å². The molecule has 0 aromatic rings. The molecule has 9 aliphatic rings. The van der Waals surface area contributed by atoms with Crippen molar-refractivity contribution >= 4 is 10.8 Å². The zero-order chi connectivity index (χ0) is 70.1. The van der Waals surface area contributed by atoms with Gasteiger partial charge in [-0.15, -0.1) is 0 Å². The molecule has 7 aliphatic carbocycles. The molecule has 0 bridgehead atoms. The second-order valence-corrected chi connectivity index (χ2v) is 43.7. The second kappa shape index (κ2) is 44.4. The van der Waals surface area contributed by atoms with Crippen LogP contribution in [0.1, 0.15) is 450 Å². The molecule has 3 heteroatoms. The number of hydrogen-bond donors (Lipinski definition) is 0. The summed E-state index contributed by atoms with van der Waals surface area (Å²) < 4.78 is 11.0. The molecule has 2 nitrogen and oxygen atoms in total. The van der Waals surface area contributed by atoms with Gasteiger partial charge < -0.3 is 0 Å². The first kappa shape index (κ1) is 90.1. The molecule has 9 fully saturated rings. The van der Waals surface area contributed by atoms with Gasteiger partial charge in [0.15, 0.2) is 0 Å². The third kappa shape index (κ3) is 42.9. The lowest BCUT2D eigenvalue weighted by molar-refractivity contribution is 0.142. The van der Waals surface area contributed by atoms with Gasteiger partial charge in [-0.05, 0) is 240 Å². The molecule has 0 atom stereocenters. The minimum absolute atomic E-state index is 0.393. The maximum atomic E-state index is 11.0. The number of hydrogen-bond acceptors (Lipinski definition) is 2. The monoisotopic (exact) mass is 1310 g/mol. The molecular weight excluding hydrogens is 1130 g/mol. The van der Waals surface area contributed by atoms with Crippen LogP contribution in [0.15, 0.2) is 0 Å². The maximum absolute atomic E-state index is 11.0. The third-order valence-corrected chi connectivity index (χ3v) is 26.4. The number of rotatable bonds is 0. The molecule has 0 radical (unpaired) electrons. The summed E-state index contributed by atoms with van der Waals surface area (Å²) in [6.45, 7) is 66.4. The van der Waals surface area contributed by atoms with E-state index in [0.717, 1.165) is 71.7 Å². The van der Waals surface area contributed by atoms with Crippen molar-refractivity contribution in [3.63, 3.8) is 0 Å². The molecule has 0 N–H and O–H groups in total. The predicted molar refractivity (Wildman–Crippen MR) is 422 cm³/mol. The largest absolute Gasteiger partial charge is 0.298 e. The average Bonchev–Trinajstić information content (AvgIpc) is 1.85. The summed E-state index contributed by atoms with van der Waals surface area (Å²) in [5, 5.41) is 0. The highest BCUT2D eigenvalue weighted by Crippen LogP contribution is 2.43. The number of likely N-dealkylation sites (tertiary alicyclic amines) is 1. The van der Waals surface area contributed by atoms with Crippen LogP contribution >= 0.6 is 0 Å². The van der Waals surface area contributed by atoms with Gasteiger partial charge in [-0.3, -0.25) is 9.11 Å². The van der Waals surface area contributed by atoms with Crippen LogP contribution < -0.4 is 0 Å². The van der Waals surface area contributed by atoms with Crippen molar-refractivity contribution in [2.45, 2.75) is 456 Å². The quantitative estimate of drug-likeness (QED) is 0.225. The highest BCUT2D eigenvalue weighted by molar-refractivity contribution is 7.85. The summed E-state index contributed by atoms with van der Waals surface area (Å²) in [4.78, 5) is 2.61. The van der Waals surface area contributed by atoms with Crippen LogP contribution in [-0.2, 0) is 10.8 Å². The van der Waals surface area contributed by atoms with Crippen LogP contribution in [0.4, 0.5) is 0 Å². The molecule has 92 heavy (non-hydrogen) atoms. The Morgan fingerprint density at radius 1 is 0.196 bits per heavy atom. The number of nitrogens with zero attached hydrogens (tertiary/aromatic N) is 1. The third-order valence-electron chi connectivity index (χ3n) is 25.0. The van der Waals surface area contributed by atoms with Crippen molar-refractivity contribution in [3.05, 3.63) is 0 Å². The molecule has 0 aromatic carbocycles. The van der Waals surface area contributed by atoms with Gasteiger partial charge in [0.2, 0.25) is 0 Å². The van der Waals surface area contributed by atoms with Crippen LogP contribution in [0.3, 0.4) is 0 Å². The fraction of sp³-hybridized carbons (Fsp3) is 1.00. The molecule has 7 saturated carbocycles. The zero-order valence-corrected chi connectivity index (χ0v) is 70.0.